The molecule has 0 aliphatic carbocycles. The molecule has 80 valence electrons. The monoisotopic (exact) mass is 203 g/mol. The molecule has 0 bridgehead atoms. The van der Waals surface area contributed by atoms with E-state index in [9.17, 15) is 0 Å². The van der Waals surface area contributed by atoms with Crippen LogP contribution in [0.25, 0.3) is 10.9 Å². The van der Waals surface area contributed by atoms with Crippen LogP contribution in [0.1, 0.15) is 32.2 Å². The predicted molar refractivity (Wildman–Crippen MR) is 61.9 cm³/mol. The molecule has 0 atom stereocenters. The van der Waals surface area contributed by atoms with Crippen molar-refractivity contribution in [2.24, 2.45) is 7.05 Å². The molecule has 0 radical (unpaired) electrons. The molecule has 2 rings (SSSR count). The summed E-state index contributed by atoms with van der Waals surface area (Å²) in [5.41, 5.74) is 3.40. The van der Waals surface area contributed by atoms with Gasteiger partial charge in [-0.15, -0.1) is 0 Å². The molecule has 0 N–H and O–H groups in total. The number of pyridine rings is 1. The second-order valence-corrected chi connectivity index (χ2v) is 5.05. The van der Waals surface area contributed by atoms with E-state index in [2.05, 4.69) is 36.9 Å². The van der Waals surface area contributed by atoms with Crippen molar-refractivity contribution in [2.45, 2.75) is 33.1 Å². The minimum absolute atomic E-state index is 0.0896. The lowest BCUT2D eigenvalue weighted by Crippen LogP contribution is -2.13. The quantitative estimate of drug-likeness (QED) is 0.659. The van der Waals surface area contributed by atoms with Crippen molar-refractivity contribution in [3.8, 4) is 0 Å². The van der Waals surface area contributed by atoms with Gasteiger partial charge >= 0.3 is 0 Å². The summed E-state index contributed by atoms with van der Waals surface area (Å²) >= 11 is 0. The van der Waals surface area contributed by atoms with E-state index in [0.29, 0.717) is 0 Å². The highest BCUT2D eigenvalue weighted by molar-refractivity contribution is 5.81. The largest absolute Gasteiger partial charge is 0.268 e. The van der Waals surface area contributed by atoms with Gasteiger partial charge in [0.25, 0.3) is 0 Å². The Balaban J connectivity index is 2.71. The highest BCUT2D eigenvalue weighted by atomic mass is 15.3. The molecule has 2 aromatic rings. The fraction of sp³-hybridized carbons (Fsp3) is 0.500. The SMILES string of the molecule is Cc1nn(C)c2cc(C(C)(C)C)ncc12. The van der Waals surface area contributed by atoms with E-state index < -0.39 is 0 Å². The first kappa shape index (κ1) is 10.1. The molecule has 0 spiro atoms. The maximum absolute atomic E-state index is 4.50. The summed E-state index contributed by atoms with van der Waals surface area (Å²) in [5.74, 6) is 0. The van der Waals surface area contributed by atoms with Crippen molar-refractivity contribution in [1.82, 2.24) is 14.8 Å². The van der Waals surface area contributed by atoms with E-state index in [0.717, 1.165) is 22.3 Å². The smallest absolute Gasteiger partial charge is 0.0715 e. The van der Waals surface area contributed by atoms with Crippen molar-refractivity contribution in [3.05, 3.63) is 23.7 Å². The molecule has 0 unspecified atom stereocenters. The van der Waals surface area contributed by atoms with Crippen LogP contribution in [0.3, 0.4) is 0 Å². The van der Waals surface area contributed by atoms with Crippen LogP contribution in [0.5, 0.6) is 0 Å². The zero-order chi connectivity index (χ0) is 11.2. The Labute approximate surface area is 90.1 Å². The van der Waals surface area contributed by atoms with Crippen molar-refractivity contribution >= 4 is 10.9 Å². The third-order valence-electron chi connectivity index (χ3n) is 2.69. The van der Waals surface area contributed by atoms with E-state index in [-0.39, 0.29) is 5.41 Å². The van der Waals surface area contributed by atoms with Gasteiger partial charge in [-0.3, -0.25) is 9.67 Å². The second-order valence-electron chi connectivity index (χ2n) is 5.05. The van der Waals surface area contributed by atoms with E-state index in [1.165, 1.54) is 0 Å². The van der Waals surface area contributed by atoms with E-state index in [1.807, 2.05) is 24.9 Å². The lowest BCUT2D eigenvalue weighted by Gasteiger charge is -2.17. The van der Waals surface area contributed by atoms with Crippen LogP contribution in [-0.4, -0.2) is 14.8 Å². The summed E-state index contributed by atoms with van der Waals surface area (Å²) in [4.78, 5) is 4.50. The molecule has 0 saturated heterocycles. The van der Waals surface area contributed by atoms with Crippen LogP contribution in [0.15, 0.2) is 12.3 Å². The van der Waals surface area contributed by atoms with E-state index in [4.69, 9.17) is 0 Å². The first-order valence-corrected chi connectivity index (χ1v) is 5.19. The van der Waals surface area contributed by atoms with Crippen LogP contribution < -0.4 is 0 Å². The molecule has 15 heavy (non-hydrogen) atoms. The van der Waals surface area contributed by atoms with Crippen molar-refractivity contribution < 1.29 is 0 Å². The Kier molecular flexibility index (Phi) is 2.07. The number of hydrogen-bond donors (Lipinski definition) is 0. The normalized spacial score (nSPS) is 12.3. The van der Waals surface area contributed by atoms with Gasteiger partial charge in [0, 0.05) is 29.7 Å². The number of fused-ring (bicyclic) bond motifs is 1. The van der Waals surface area contributed by atoms with Gasteiger partial charge in [-0.25, -0.2) is 0 Å². The highest BCUT2D eigenvalue weighted by Gasteiger charge is 2.17. The maximum atomic E-state index is 4.50. The molecule has 0 amide bonds. The Bertz CT molecular complexity index is 503. The van der Waals surface area contributed by atoms with Crippen molar-refractivity contribution in [3.63, 3.8) is 0 Å². The second kappa shape index (κ2) is 3.05. The van der Waals surface area contributed by atoms with E-state index in [1.54, 1.807) is 0 Å². The summed E-state index contributed by atoms with van der Waals surface area (Å²) in [6.45, 7) is 8.53. The highest BCUT2D eigenvalue weighted by Crippen LogP contribution is 2.24. The number of nitrogens with zero attached hydrogens (tertiary/aromatic N) is 3. The number of rotatable bonds is 0. The third-order valence-corrected chi connectivity index (χ3v) is 2.69. The maximum Gasteiger partial charge on any atom is 0.0715 e. The van der Waals surface area contributed by atoms with Gasteiger partial charge in [0.05, 0.1) is 11.2 Å². The fourth-order valence-corrected chi connectivity index (χ4v) is 1.73. The molecule has 0 aliphatic rings. The molecule has 0 saturated carbocycles. The summed E-state index contributed by atoms with van der Waals surface area (Å²) in [7, 11) is 1.97. The Morgan fingerprint density at radius 3 is 2.53 bits per heavy atom. The van der Waals surface area contributed by atoms with Crippen LogP contribution >= 0.6 is 0 Å². The van der Waals surface area contributed by atoms with Crippen LogP contribution in [0.2, 0.25) is 0 Å². The average Bonchev–Trinajstić information content (AvgIpc) is 2.41. The van der Waals surface area contributed by atoms with Gasteiger partial charge in [-0.2, -0.15) is 5.10 Å². The topological polar surface area (TPSA) is 30.7 Å². The Morgan fingerprint density at radius 1 is 1.27 bits per heavy atom. The molecule has 0 aliphatic heterocycles. The standard InChI is InChI=1S/C12H17N3/c1-8-9-7-13-11(12(2,3)4)6-10(9)15(5)14-8/h6-7H,1-5H3. The van der Waals surface area contributed by atoms with Gasteiger partial charge in [-0.05, 0) is 13.0 Å². The number of aromatic nitrogens is 3. The van der Waals surface area contributed by atoms with Gasteiger partial charge in [0.15, 0.2) is 0 Å². The summed E-state index contributed by atoms with van der Waals surface area (Å²) in [5, 5.41) is 5.53. The molecule has 0 aromatic carbocycles. The number of hydrogen-bond acceptors (Lipinski definition) is 2. The van der Waals surface area contributed by atoms with Crippen LogP contribution in [-0.2, 0) is 12.5 Å². The molecule has 3 heteroatoms. The molecule has 3 nitrogen and oxygen atoms in total. The molecule has 0 fully saturated rings. The van der Waals surface area contributed by atoms with Crippen molar-refractivity contribution in [2.75, 3.05) is 0 Å². The fourth-order valence-electron chi connectivity index (χ4n) is 1.73. The van der Waals surface area contributed by atoms with Gasteiger partial charge in [-0.1, -0.05) is 20.8 Å². The first-order valence-electron chi connectivity index (χ1n) is 5.19. The van der Waals surface area contributed by atoms with Gasteiger partial charge < -0.3 is 0 Å². The Hall–Kier alpha value is -1.38. The first-order chi connectivity index (χ1) is 6.89. The summed E-state index contributed by atoms with van der Waals surface area (Å²) in [6.07, 6.45) is 1.93. The van der Waals surface area contributed by atoms with Crippen LogP contribution in [0.4, 0.5) is 0 Å². The minimum Gasteiger partial charge on any atom is -0.268 e. The summed E-state index contributed by atoms with van der Waals surface area (Å²) in [6, 6.07) is 2.13. The zero-order valence-electron chi connectivity index (χ0n) is 10.00. The molecular weight excluding hydrogens is 186 g/mol. The Morgan fingerprint density at radius 2 is 1.93 bits per heavy atom. The average molecular weight is 203 g/mol. The third kappa shape index (κ3) is 1.62. The minimum atomic E-state index is 0.0896. The van der Waals surface area contributed by atoms with Gasteiger partial charge in [0.2, 0.25) is 0 Å². The molecule has 2 heterocycles. The lowest BCUT2D eigenvalue weighted by atomic mass is 9.91. The zero-order valence-corrected chi connectivity index (χ0v) is 10.00. The lowest BCUT2D eigenvalue weighted by molar-refractivity contribution is 0.569. The predicted octanol–water partition coefficient (Wildman–Crippen LogP) is 2.57. The molecule has 2 aromatic heterocycles. The van der Waals surface area contributed by atoms with Crippen LogP contribution in [0, 0.1) is 6.92 Å². The van der Waals surface area contributed by atoms with Gasteiger partial charge in [0.1, 0.15) is 0 Å². The molecular formula is C12H17N3. The van der Waals surface area contributed by atoms with E-state index >= 15 is 0 Å². The number of aryl methyl sites for hydroxylation is 2. The van der Waals surface area contributed by atoms with Crippen molar-refractivity contribution in [1.29, 1.82) is 0 Å². The summed E-state index contributed by atoms with van der Waals surface area (Å²) < 4.78 is 1.92.